The van der Waals surface area contributed by atoms with Crippen LogP contribution >= 0.6 is 0 Å². The Morgan fingerprint density at radius 2 is 1.88 bits per heavy atom. The largest absolute Gasteiger partial charge is 0.478 e. The van der Waals surface area contributed by atoms with Crippen molar-refractivity contribution in [1.29, 1.82) is 0 Å². The second-order valence-electron chi connectivity index (χ2n) is 6.72. The monoisotopic (exact) mass is 342 g/mol. The molecule has 6 nitrogen and oxygen atoms in total. The number of benzene rings is 1. The molecule has 25 heavy (non-hydrogen) atoms. The highest BCUT2D eigenvalue weighted by Gasteiger charge is 2.21. The van der Waals surface area contributed by atoms with E-state index in [9.17, 15) is 14.7 Å². The van der Waals surface area contributed by atoms with E-state index < -0.39 is 11.9 Å². The lowest BCUT2D eigenvalue weighted by atomic mass is 9.85. The number of ether oxygens (including phenoxy) is 1. The van der Waals surface area contributed by atoms with E-state index in [4.69, 9.17) is 4.74 Å². The number of hydrogen-bond acceptors (Lipinski definition) is 4. The summed E-state index contributed by atoms with van der Waals surface area (Å²) in [5.41, 5.74) is 1.37. The van der Waals surface area contributed by atoms with Gasteiger partial charge in [-0.2, -0.15) is 0 Å². The van der Waals surface area contributed by atoms with E-state index in [1.165, 1.54) is 0 Å². The lowest BCUT2D eigenvalue weighted by molar-refractivity contribution is 0.0692. The first-order valence-corrected chi connectivity index (χ1v) is 7.86. The molecule has 2 N–H and O–H groups in total. The smallest absolute Gasteiger partial charge is 0.336 e. The van der Waals surface area contributed by atoms with Crippen LogP contribution < -0.4 is 5.32 Å². The zero-order chi connectivity index (χ0) is 18.6. The number of pyridine rings is 1. The first-order chi connectivity index (χ1) is 11.7. The van der Waals surface area contributed by atoms with Crippen molar-refractivity contribution in [1.82, 2.24) is 4.98 Å². The van der Waals surface area contributed by atoms with Crippen molar-refractivity contribution in [2.75, 3.05) is 12.4 Å². The fourth-order valence-corrected chi connectivity index (χ4v) is 2.35. The van der Waals surface area contributed by atoms with Gasteiger partial charge < -0.3 is 15.2 Å². The number of nitrogens with one attached hydrogen (secondary N) is 1. The van der Waals surface area contributed by atoms with E-state index in [-0.39, 0.29) is 16.5 Å². The molecular weight excluding hydrogens is 320 g/mol. The summed E-state index contributed by atoms with van der Waals surface area (Å²) in [5.74, 6) is -1.31. The average molecular weight is 342 g/mol. The SMILES string of the molecule is COCc1cccc(NC(=O)c2ccc(C(C)(C)C)cc2C(=O)O)n1. The van der Waals surface area contributed by atoms with Crippen LogP contribution in [0, 0.1) is 0 Å². The number of aromatic carboxylic acids is 1. The Labute approximate surface area is 146 Å². The minimum Gasteiger partial charge on any atom is -0.478 e. The fourth-order valence-electron chi connectivity index (χ4n) is 2.35. The molecule has 6 heteroatoms. The van der Waals surface area contributed by atoms with Crippen LogP contribution in [-0.4, -0.2) is 29.1 Å². The third-order valence-electron chi connectivity index (χ3n) is 3.70. The van der Waals surface area contributed by atoms with E-state index in [1.54, 1.807) is 43.5 Å². The van der Waals surface area contributed by atoms with Crippen molar-refractivity contribution in [2.24, 2.45) is 0 Å². The van der Waals surface area contributed by atoms with Gasteiger partial charge in [0.25, 0.3) is 5.91 Å². The maximum absolute atomic E-state index is 12.5. The zero-order valence-corrected chi connectivity index (χ0v) is 14.8. The number of carboxylic acid groups (broad SMARTS) is 1. The molecule has 1 aromatic heterocycles. The van der Waals surface area contributed by atoms with Gasteiger partial charge in [0, 0.05) is 7.11 Å². The molecule has 0 unspecified atom stereocenters. The zero-order valence-electron chi connectivity index (χ0n) is 14.8. The number of amides is 1. The molecule has 1 aromatic carbocycles. The Balaban J connectivity index is 2.32. The molecular formula is C19H22N2O4. The molecule has 132 valence electrons. The standard InChI is InChI=1S/C19H22N2O4/c1-19(2,3)12-8-9-14(15(10-12)18(23)24)17(22)21-16-7-5-6-13(20-16)11-25-4/h5-10H,11H2,1-4H3,(H,23,24)(H,20,21,22). The van der Waals surface area contributed by atoms with Gasteiger partial charge in [-0.1, -0.05) is 32.9 Å². The van der Waals surface area contributed by atoms with Crippen LogP contribution in [0.25, 0.3) is 0 Å². The number of anilines is 1. The highest BCUT2D eigenvalue weighted by molar-refractivity contribution is 6.10. The summed E-state index contributed by atoms with van der Waals surface area (Å²) in [7, 11) is 1.56. The molecule has 1 heterocycles. The highest BCUT2D eigenvalue weighted by Crippen LogP contribution is 2.25. The molecule has 2 rings (SSSR count). The minimum absolute atomic E-state index is 0.0297. The first kappa shape index (κ1) is 18.6. The summed E-state index contributed by atoms with van der Waals surface area (Å²) < 4.78 is 5.02. The molecule has 2 aromatic rings. The Morgan fingerprint density at radius 3 is 2.48 bits per heavy atom. The Morgan fingerprint density at radius 1 is 1.16 bits per heavy atom. The molecule has 0 fully saturated rings. The molecule has 0 saturated heterocycles. The van der Waals surface area contributed by atoms with Gasteiger partial charge in [-0.15, -0.1) is 0 Å². The van der Waals surface area contributed by atoms with Crippen molar-refractivity contribution in [2.45, 2.75) is 32.8 Å². The summed E-state index contributed by atoms with van der Waals surface area (Å²) in [6.45, 7) is 6.28. The average Bonchev–Trinajstić information content (AvgIpc) is 2.54. The van der Waals surface area contributed by atoms with E-state index in [0.29, 0.717) is 18.1 Å². The number of hydrogen-bond donors (Lipinski definition) is 2. The first-order valence-electron chi connectivity index (χ1n) is 7.86. The van der Waals surface area contributed by atoms with Gasteiger partial charge >= 0.3 is 5.97 Å². The summed E-state index contributed by atoms with van der Waals surface area (Å²) in [6, 6.07) is 10.0. The molecule has 0 aliphatic heterocycles. The Hall–Kier alpha value is -2.73. The van der Waals surface area contributed by atoms with Crippen molar-refractivity contribution in [3.05, 3.63) is 58.8 Å². The Kier molecular flexibility index (Phi) is 5.54. The summed E-state index contributed by atoms with van der Waals surface area (Å²) >= 11 is 0. The summed E-state index contributed by atoms with van der Waals surface area (Å²) in [6.07, 6.45) is 0. The molecule has 0 saturated carbocycles. The van der Waals surface area contributed by atoms with Crippen LogP contribution in [0.4, 0.5) is 5.82 Å². The number of rotatable bonds is 5. The Bertz CT molecular complexity index is 794. The second-order valence-corrected chi connectivity index (χ2v) is 6.72. The minimum atomic E-state index is -1.14. The predicted octanol–water partition coefficient (Wildman–Crippen LogP) is 3.48. The number of carboxylic acids is 1. The van der Waals surface area contributed by atoms with Crippen LogP contribution in [0.5, 0.6) is 0 Å². The van der Waals surface area contributed by atoms with Gasteiger partial charge in [0.15, 0.2) is 0 Å². The van der Waals surface area contributed by atoms with Crippen molar-refractivity contribution in [3.8, 4) is 0 Å². The molecule has 1 amide bonds. The van der Waals surface area contributed by atoms with E-state index >= 15 is 0 Å². The van der Waals surface area contributed by atoms with Gasteiger partial charge in [-0.05, 0) is 35.2 Å². The maximum atomic E-state index is 12.5. The molecule has 0 spiro atoms. The number of aromatic nitrogens is 1. The third kappa shape index (κ3) is 4.64. The molecule has 0 aliphatic carbocycles. The fraction of sp³-hybridized carbons (Fsp3) is 0.316. The van der Waals surface area contributed by atoms with Gasteiger partial charge in [-0.25, -0.2) is 9.78 Å². The molecule has 0 bridgehead atoms. The predicted molar refractivity (Wildman–Crippen MR) is 95.0 cm³/mol. The quantitative estimate of drug-likeness (QED) is 0.868. The normalized spacial score (nSPS) is 11.2. The van der Waals surface area contributed by atoms with Gasteiger partial charge in [-0.3, -0.25) is 4.79 Å². The number of carbonyl (C=O) groups is 2. The lowest BCUT2D eigenvalue weighted by Crippen LogP contribution is -2.19. The van der Waals surface area contributed by atoms with Gasteiger partial charge in [0.1, 0.15) is 5.82 Å². The number of carbonyl (C=O) groups excluding carboxylic acids is 1. The van der Waals surface area contributed by atoms with Crippen molar-refractivity contribution in [3.63, 3.8) is 0 Å². The van der Waals surface area contributed by atoms with Crippen LogP contribution in [0.3, 0.4) is 0 Å². The van der Waals surface area contributed by atoms with Crippen LogP contribution in [0.2, 0.25) is 0 Å². The van der Waals surface area contributed by atoms with Crippen molar-refractivity contribution < 1.29 is 19.4 Å². The summed E-state index contributed by atoms with van der Waals surface area (Å²) in [5, 5.41) is 12.1. The molecule has 0 radical (unpaired) electrons. The van der Waals surface area contributed by atoms with Crippen LogP contribution in [-0.2, 0) is 16.8 Å². The van der Waals surface area contributed by atoms with E-state index in [0.717, 1.165) is 5.56 Å². The highest BCUT2D eigenvalue weighted by atomic mass is 16.5. The van der Waals surface area contributed by atoms with Crippen LogP contribution in [0.15, 0.2) is 36.4 Å². The maximum Gasteiger partial charge on any atom is 0.336 e. The van der Waals surface area contributed by atoms with E-state index in [1.807, 2.05) is 20.8 Å². The number of methoxy groups -OCH3 is 1. The lowest BCUT2D eigenvalue weighted by Gasteiger charge is -2.20. The second kappa shape index (κ2) is 7.44. The molecule has 0 aliphatic rings. The van der Waals surface area contributed by atoms with Gasteiger partial charge in [0.2, 0.25) is 0 Å². The summed E-state index contributed by atoms with van der Waals surface area (Å²) in [4.78, 5) is 28.4. The van der Waals surface area contributed by atoms with E-state index in [2.05, 4.69) is 10.3 Å². The van der Waals surface area contributed by atoms with Crippen LogP contribution in [0.1, 0.15) is 52.7 Å². The van der Waals surface area contributed by atoms with Gasteiger partial charge in [0.05, 0.1) is 23.4 Å². The van der Waals surface area contributed by atoms with Crippen molar-refractivity contribution >= 4 is 17.7 Å². The molecule has 0 atom stereocenters. The topological polar surface area (TPSA) is 88.5 Å². The number of nitrogens with zero attached hydrogens (tertiary/aromatic N) is 1. The third-order valence-corrected chi connectivity index (χ3v) is 3.70.